The van der Waals surface area contributed by atoms with Gasteiger partial charge in [0.05, 0.1) is 108 Å². The fraction of sp³-hybridized carbons (Fsp3) is 0.927. The first-order valence-corrected chi connectivity index (χ1v) is 50.3. The molecule has 10 rings (SSSR count). The SMILES string of the molecule is CC(=O)N[C@@H]1[C@@H](O)[C@H](O[C@@H]2O[C@H](CO)[C@@H](O[C@@H]3O[C@H](CO[C@H]4O[C@H](CO)[C@@H](O)[C@H](O)[C@@H]4O[C@@H]4O[C@H](COP(=O)(O)OCC[N+](C)(C)C)[C@@H](O[C@@H]5O[C@H](CO)[C@H](O)[C@H](O)[C@H]5NC(C)=O)[C@H](O)[C@H]4NC(C)=O)[C@@H](O)[C@H](O[C@H]4O[C@H](CO)[C@@H](O)[C@H](O)[C@@H]4O[C@@H]4O[C@H](COP(=O)(O)OCC[N+](C)(C)C)[C@@H](O[C@@H]5O[C@H](CO)[C@H](O)[C@H](O)[C@H]5NC(C)=O)[C@H](O)[C@H]4NC(C)=O)[C@@H]3O)[C@H](O)[C@H]2NC(C)=O)[C@@H](CO[C@@H]2O[C@@H](C)[C@@H](O)[C@@H](O)[C@@H]2O)O[C@H]1O. The quantitative estimate of drug-likeness (QED) is 0.0199. The van der Waals surface area contributed by atoms with Crippen molar-refractivity contribution in [1.29, 1.82) is 0 Å². The number of rotatable bonds is 45. The molecule has 0 aromatic carbocycles. The van der Waals surface area contributed by atoms with Gasteiger partial charge in [-0.15, -0.1) is 0 Å². The molecule has 0 aliphatic carbocycles. The molecule has 0 spiro atoms. The molecule has 6 amide bonds. The first-order chi connectivity index (χ1) is 69.2. The Labute approximate surface area is 845 Å². The van der Waals surface area contributed by atoms with Gasteiger partial charge in [-0.1, -0.05) is 0 Å². The molecule has 0 aromatic rings. The lowest BCUT2D eigenvalue weighted by Crippen LogP contribution is -2.71. The Bertz CT molecular complexity index is 4310. The Balaban J connectivity index is 1.05. The van der Waals surface area contributed by atoms with Crippen LogP contribution in [-0.2, 0) is 146 Å². The van der Waals surface area contributed by atoms with Gasteiger partial charge in [0.1, 0.15) is 264 Å². The maximum atomic E-state index is 13.8. The molecule has 10 fully saturated rings. The van der Waals surface area contributed by atoms with Crippen LogP contribution in [0.5, 0.6) is 0 Å². The number of carbonyl (C=O) groups excluding carboxylic acids is 6. The van der Waals surface area contributed by atoms with Crippen LogP contribution in [0.15, 0.2) is 0 Å². The summed E-state index contributed by atoms with van der Waals surface area (Å²) in [6, 6.07) is -11.8. The van der Waals surface area contributed by atoms with Crippen molar-refractivity contribution in [1.82, 2.24) is 31.9 Å². The molecule has 10 aliphatic heterocycles. The summed E-state index contributed by atoms with van der Waals surface area (Å²) in [6.45, 7) is -4.50. The standard InChI is InChI=1S/C82H144N8O56P2/c1-27-49(102)61(114)64(117)79(130-27)124-24-40-67(57(110)43(73(119)131-40)83-28(2)96)140-76-46(86-31(5)99)58(111)66(38(22-95)136-76)143-80-65(118)70(144-82-72(63(116)53(106)37(21-94)135-82)146-78-48(88-33(7)101)60(113)69(42(139-78)26-129-148(122,123)127-17-15-90(11,12)13)142-75-45(85-30(4)98)56(109)51(104)35(19-92)133-75)54(107)39(137-80)23-125-81-71(62(115)52(105)36(20-93)134-81)145-77-47(87-32(6)100)59(112)68(41(138-77)25-128-147(120,121)126-16-14-89(8,9)10)141-74-44(84-29(3)97)55(108)50(103)34(18-91)132-74/h27,34-82,91-95,102-119H,14-26H2,1-13H3,(H6-2,83,84,85,86,87,88,96,97,98,99,100,101,120,121,122,123)/p+2/t27-,34+,35+,36+,37+,38+,39+,40+,41+,42+,43+,44+,45+,46+,47+,48+,49+,50-,51-,52+,53+,54+,55+,56+,57+,58+,59+,60+,61+,62-,63-,64-,65-,66+,67+,68+,69+,70-,71-,72-,73+,74-,75-,76-,77-,78-,79+,80-,81-,82+/m0/s1. The van der Waals surface area contributed by atoms with E-state index in [1.165, 1.54) is 6.92 Å². The Kier molecular flexibility index (Phi) is 45.7. The smallest absolute Gasteiger partial charge is 0.394 e. The third kappa shape index (κ3) is 31.9. The summed E-state index contributed by atoms with van der Waals surface area (Å²) >= 11 is 0. The third-order valence-corrected chi connectivity index (χ3v) is 27.7. The molecule has 0 radical (unpaired) electrons. The highest BCUT2D eigenvalue weighted by Crippen LogP contribution is 2.48. The molecule has 52 atom stereocenters. The van der Waals surface area contributed by atoms with Crippen molar-refractivity contribution in [2.45, 2.75) is 355 Å². The molecule has 10 saturated heterocycles. The number of hydrogen-bond donors (Lipinski definition) is 31. The van der Waals surface area contributed by atoms with Crippen molar-refractivity contribution < 1.29 is 282 Å². The number of quaternary nitrogens is 2. The van der Waals surface area contributed by atoms with Crippen LogP contribution < -0.4 is 31.9 Å². The number of ether oxygens (including phenoxy) is 19. The minimum Gasteiger partial charge on any atom is -0.394 e. The molecule has 10 heterocycles. The molecule has 66 heteroatoms. The average Bonchev–Trinajstić information content (AvgIpc) is 0.762. The van der Waals surface area contributed by atoms with Crippen molar-refractivity contribution in [3.63, 3.8) is 0 Å². The summed E-state index contributed by atoms with van der Waals surface area (Å²) in [5, 5.41) is 280. The molecule has 0 bridgehead atoms. The molecular weight excluding hydrogens is 2050 g/mol. The number of aliphatic hydroxyl groups excluding tert-OH is 23. The van der Waals surface area contributed by atoms with Crippen molar-refractivity contribution >= 4 is 51.1 Å². The number of nitrogens with one attached hydrogen (secondary N) is 6. The number of phosphoric acid groups is 2. The van der Waals surface area contributed by atoms with E-state index in [0.29, 0.717) is 0 Å². The van der Waals surface area contributed by atoms with Crippen LogP contribution in [0.4, 0.5) is 0 Å². The zero-order valence-corrected chi connectivity index (χ0v) is 84.5. The summed E-state index contributed by atoms with van der Waals surface area (Å²) in [5.74, 6) is -5.77. The summed E-state index contributed by atoms with van der Waals surface area (Å²) in [7, 11) is -0.334. The van der Waals surface area contributed by atoms with Gasteiger partial charge in [-0.2, -0.15) is 0 Å². The second-order valence-corrected chi connectivity index (χ2v) is 42.2. The van der Waals surface area contributed by atoms with Gasteiger partial charge in [0, 0.05) is 41.5 Å². The van der Waals surface area contributed by atoms with Crippen molar-refractivity contribution in [3.8, 4) is 0 Å². The monoisotopic (exact) mass is 2200 g/mol. The number of likely N-dealkylation sites (N-methyl/N-ethyl adjacent to an activating group) is 2. The maximum Gasteiger partial charge on any atom is 0.472 e. The summed E-state index contributed by atoms with van der Waals surface area (Å²) in [6.07, 6.45) is -95.8. The van der Waals surface area contributed by atoms with E-state index in [-0.39, 0.29) is 22.1 Å². The lowest BCUT2D eigenvalue weighted by Gasteiger charge is -2.51. The fourth-order valence-corrected chi connectivity index (χ4v) is 19.3. The second-order valence-electron chi connectivity index (χ2n) is 39.3. The highest BCUT2D eigenvalue weighted by atomic mass is 31.2. The number of amides is 6. The van der Waals surface area contributed by atoms with Crippen molar-refractivity contribution in [2.24, 2.45) is 0 Å². The molecule has 148 heavy (non-hydrogen) atoms. The van der Waals surface area contributed by atoms with Crippen LogP contribution in [0.1, 0.15) is 48.5 Å². The first-order valence-electron chi connectivity index (χ1n) is 47.3. The predicted octanol–water partition coefficient (Wildman–Crippen LogP) is -19.2. The zero-order chi connectivity index (χ0) is 110. The van der Waals surface area contributed by atoms with Gasteiger partial charge in [0.25, 0.3) is 0 Å². The summed E-state index contributed by atoms with van der Waals surface area (Å²) in [4.78, 5) is 101. The first kappa shape index (κ1) is 125. The molecular formula is C82H146N8O56P2+2. The lowest BCUT2D eigenvalue weighted by molar-refractivity contribution is -0.870. The van der Waals surface area contributed by atoms with E-state index in [4.69, 9.17) is 108 Å². The Hall–Kier alpha value is -4.72. The normalized spacial score (nSPS) is 44.1. The maximum absolute atomic E-state index is 13.8. The average molecular weight is 2200 g/mol. The minimum atomic E-state index is -5.29. The van der Waals surface area contributed by atoms with Gasteiger partial charge in [-0.25, -0.2) is 9.13 Å². The van der Waals surface area contributed by atoms with Crippen molar-refractivity contribution in [2.75, 3.05) is 128 Å². The van der Waals surface area contributed by atoms with E-state index in [9.17, 15) is 165 Å². The van der Waals surface area contributed by atoms with E-state index >= 15 is 0 Å². The topological polar surface area (TPSA) is 927 Å². The third-order valence-electron chi connectivity index (χ3n) is 25.7. The number of phosphoric ester groups is 2. The Morgan fingerprint density at radius 2 is 0.534 bits per heavy atom. The largest absolute Gasteiger partial charge is 0.472 e. The fourth-order valence-electron chi connectivity index (χ4n) is 17.8. The zero-order valence-electron chi connectivity index (χ0n) is 82.7. The molecule has 10 aliphatic rings. The van der Waals surface area contributed by atoms with E-state index in [1.807, 2.05) is 0 Å². The van der Waals surface area contributed by atoms with Gasteiger partial charge < -0.3 is 258 Å². The number of carbonyl (C=O) groups is 6. The van der Waals surface area contributed by atoms with Crippen LogP contribution in [-0.4, -0.2) is 606 Å². The van der Waals surface area contributed by atoms with Gasteiger partial charge in [-0.3, -0.25) is 46.9 Å². The molecule has 31 N–H and O–H groups in total. The van der Waals surface area contributed by atoms with Crippen LogP contribution in [0, 0.1) is 0 Å². The highest BCUT2D eigenvalue weighted by molar-refractivity contribution is 7.47. The van der Waals surface area contributed by atoms with Gasteiger partial charge in [-0.05, 0) is 6.92 Å². The number of nitrogens with zero attached hydrogens (tertiary/aromatic N) is 2. The second kappa shape index (κ2) is 54.0. The number of hydrogen-bond acceptors (Lipinski definition) is 54. The molecule has 858 valence electrons. The van der Waals surface area contributed by atoms with Crippen LogP contribution in [0.2, 0.25) is 0 Å². The van der Waals surface area contributed by atoms with Gasteiger partial charge in [0.2, 0.25) is 35.4 Å². The summed E-state index contributed by atoms with van der Waals surface area (Å²) < 4.78 is 166. The Morgan fingerprint density at radius 3 is 0.905 bits per heavy atom. The molecule has 2 unspecified atom stereocenters. The van der Waals surface area contributed by atoms with Gasteiger partial charge >= 0.3 is 15.6 Å². The molecule has 64 nitrogen and oxygen atoms in total. The van der Waals surface area contributed by atoms with E-state index in [0.717, 1.165) is 41.5 Å². The molecule has 0 aromatic heterocycles. The van der Waals surface area contributed by atoms with Gasteiger partial charge in [0.15, 0.2) is 62.9 Å². The Morgan fingerprint density at radius 1 is 0.257 bits per heavy atom. The van der Waals surface area contributed by atoms with E-state index < -0.39 is 430 Å². The predicted molar refractivity (Wildman–Crippen MR) is 473 cm³/mol. The van der Waals surface area contributed by atoms with Crippen LogP contribution in [0.3, 0.4) is 0 Å². The molecule has 0 saturated carbocycles. The van der Waals surface area contributed by atoms with Crippen LogP contribution in [0.25, 0.3) is 0 Å². The highest BCUT2D eigenvalue weighted by Gasteiger charge is 2.63. The summed E-state index contributed by atoms with van der Waals surface area (Å²) in [5.41, 5.74) is 0. The van der Waals surface area contributed by atoms with Crippen molar-refractivity contribution in [3.05, 3.63) is 0 Å². The van der Waals surface area contributed by atoms with E-state index in [2.05, 4.69) is 31.9 Å². The van der Waals surface area contributed by atoms with Crippen LogP contribution >= 0.6 is 15.6 Å². The number of aliphatic hydroxyl groups is 23. The lowest BCUT2D eigenvalue weighted by atomic mass is 9.93. The minimum absolute atomic E-state index is 0.0759. The van der Waals surface area contributed by atoms with E-state index in [1.54, 1.807) is 42.3 Å².